The fraction of sp³-hybridized carbons (Fsp3) is 0.300. The molecule has 1 N–H and O–H groups in total. The average molecular weight is 352 g/mol. The number of oxazole rings is 1. The zero-order chi connectivity index (χ0) is 17.9. The maximum absolute atomic E-state index is 8.86. The second-order valence-electron chi connectivity index (χ2n) is 6.19. The number of aliphatic hydroxyl groups is 1. The number of hydrogen-bond acceptors (Lipinski definition) is 6. The number of rotatable bonds is 7. The Labute approximate surface area is 151 Å². The van der Waals surface area contributed by atoms with Crippen LogP contribution in [-0.2, 0) is 0 Å². The van der Waals surface area contributed by atoms with Gasteiger partial charge < -0.3 is 19.0 Å². The highest BCUT2D eigenvalue weighted by molar-refractivity contribution is 5.77. The summed E-state index contributed by atoms with van der Waals surface area (Å²) in [5, 5.41) is 8.86. The van der Waals surface area contributed by atoms with Crippen molar-refractivity contribution in [1.82, 2.24) is 9.97 Å². The number of ether oxygens (including phenoxy) is 2. The molecule has 1 saturated carbocycles. The van der Waals surface area contributed by atoms with Crippen LogP contribution < -0.4 is 9.47 Å². The second kappa shape index (κ2) is 7.17. The van der Waals surface area contributed by atoms with Gasteiger partial charge in [0, 0.05) is 29.3 Å². The molecule has 0 aliphatic heterocycles. The van der Waals surface area contributed by atoms with Crippen LogP contribution in [0.2, 0.25) is 0 Å². The van der Waals surface area contributed by atoms with Crippen molar-refractivity contribution in [2.45, 2.75) is 18.8 Å². The summed E-state index contributed by atoms with van der Waals surface area (Å²) in [7, 11) is 1.59. The number of methoxy groups -OCH3 is 1. The molecule has 2 heterocycles. The predicted molar refractivity (Wildman–Crippen MR) is 96.3 cm³/mol. The lowest BCUT2D eigenvalue weighted by atomic mass is 10.1. The minimum atomic E-state index is -0.0107. The van der Waals surface area contributed by atoms with Crippen LogP contribution in [0, 0.1) is 0 Å². The van der Waals surface area contributed by atoms with Gasteiger partial charge in [-0.3, -0.25) is 0 Å². The van der Waals surface area contributed by atoms with Gasteiger partial charge in [-0.1, -0.05) is 0 Å². The van der Waals surface area contributed by atoms with E-state index in [1.165, 1.54) is 0 Å². The Morgan fingerprint density at radius 1 is 1.12 bits per heavy atom. The zero-order valence-corrected chi connectivity index (χ0v) is 14.5. The van der Waals surface area contributed by atoms with Crippen LogP contribution in [0.3, 0.4) is 0 Å². The summed E-state index contributed by atoms with van der Waals surface area (Å²) < 4.78 is 16.7. The van der Waals surface area contributed by atoms with E-state index >= 15 is 0 Å². The molecule has 4 rings (SSSR count). The highest BCUT2D eigenvalue weighted by atomic mass is 16.5. The van der Waals surface area contributed by atoms with Gasteiger partial charge in [-0.25, -0.2) is 9.97 Å². The van der Waals surface area contributed by atoms with E-state index in [0.717, 1.165) is 41.3 Å². The second-order valence-corrected chi connectivity index (χ2v) is 6.19. The number of benzene rings is 1. The molecule has 6 nitrogen and oxygen atoms in total. The molecule has 0 bridgehead atoms. The van der Waals surface area contributed by atoms with Gasteiger partial charge in [0.15, 0.2) is 11.7 Å². The van der Waals surface area contributed by atoms with Gasteiger partial charge in [0.2, 0.25) is 5.88 Å². The van der Waals surface area contributed by atoms with Crippen LogP contribution in [0.5, 0.6) is 11.6 Å². The van der Waals surface area contributed by atoms with Crippen molar-refractivity contribution in [3.63, 3.8) is 0 Å². The maximum atomic E-state index is 8.86. The first-order valence-corrected chi connectivity index (χ1v) is 8.63. The molecule has 1 aliphatic rings. The number of nitrogens with zero attached hydrogens (tertiary/aromatic N) is 2. The monoisotopic (exact) mass is 352 g/mol. The number of pyridine rings is 1. The molecule has 2 aromatic heterocycles. The van der Waals surface area contributed by atoms with Crippen molar-refractivity contribution in [2.75, 3.05) is 20.3 Å². The minimum absolute atomic E-state index is 0.0107. The molecule has 0 amide bonds. The van der Waals surface area contributed by atoms with Crippen LogP contribution in [0.4, 0.5) is 0 Å². The van der Waals surface area contributed by atoms with E-state index in [2.05, 4.69) is 4.98 Å². The first kappa shape index (κ1) is 16.6. The van der Waals surface area contributed by atoms with Gasteiger partial charge in [-0.2, -0.15) is 0 Å². The Morgan fingerprint density at radius 2 is 1.88 bits per heavy atom. The minimum Gasteiger partial charge on any atom is -0.491 e. The summed E-state index contributed by atoms with van der Waals surface area (Å²) in [4.78, 5) is 9.01. The summed E-state index contributed by atoms with van der Waals surface area (Å²) >= 11 is 0. The largest absolute Gasteiger partial charge is 0.491 e. The SMILES string of the molecule is COc1ccc(-c2nc(C3CC3)oc2-c2ccc(OCCO)cc2)cn1. The van der Waals surface area contributed by atoms with Crippen LogP contribution in [0.15, 0.2) is 47.0 Å². The molecular weight excluding hydrogens is 332 g/mol. The summed E-state index contributed by atoms with van der Waals surface area (Å²) in [6, 6.07) is 11.3. The molecule has 26 heavy (non-hydrogen) atoms. The molecular formula is C20H20N2O4. The molecule has 1 aromatic carbocycles. The molecule has 134 valence electrons. The Bertz CT molecular complexity index is 868. The van der Waals surface area contributed by atoms with Gasteiger partial charge in [0.25, 0.3) is 0 Å². The van der Waals surface area contributed by atoms with Crippen LogP contribution in [0.25, 0.3) is 22.6 Å². The topological polar surface area (TPSA) is 77.6 Å². The Balaban J connectivity index is 1.69. The third kappa shape index (κ3) is 3.41. The summed E-state index contributed by atoms with van der Waals surface area (Å²) in [6.07, 6.45) is 3.98. The highest BCUT2D eigenvalue weighted by Gasteiger charge is 2.31. The summed E-state index contributed by atoms with van der Waals surface area (Å²) in [5.41, 5.74) is 2.59. The normalized spacial score (nSPS) is 13.6. The molecule has 3 aromatic rings. The van der Waals surface area contributed by atoms with Crippen molar-refractivity contribution < 1.29 is 19.0 Å². The Hall–Kier alpha value is -2.86. The third-order valence-corrected chi connectivity index (χ3v) is 4.27. The van der Waals surface area contributed by atoms with Crippen LogP contribution in [-0.4, -0.2) is 35.4 Å². The van der Waals surface area contributed by atoms with Gasteiger partial charge in [-0.15, -0.1) is 0 Å². The van der Waals surface area contributed by atoms with E-state index in [0.29, 0.717) is 17.5 Å². The van der Waals surface area contributed by atoms with Crippen LogP contribution in [0.1, 0.15) is 24.7 Å². The van der Waals surface area contributed by atoms with Gasteiger partial charge in [0.05, 0.1) is 13.7 Å². The third-order valence-electron chi connectivity index (χ3n) is 4.27. The van der Waals surface area contributed by atoms with Crippen molar-refractivity contribution in [2.24, 2.45) is 0 Å². The van der Waals surface area contributed by atoms with Gasteiger partial charge in [0.1, 0.15) is 18.1 Å². The highest BCUT2D eigenvalue weighted by Crippen LogP contribution is 2.43. The lowest BCUT2D eigenvalue weighted by Crippen LogP contribution is -2.01. The summed E-state index contributed by atoms with van der Waals surface area (Å²) in [5.74, 6) is 3.20. The van der Waals surface area contributed by atoms with Crippen molar-refractivity contribution in [1.29, 1.82) is 0 Å². The molecule has 1 fully saturated rings. The molecule has 0 spiro atoms. The first-order chi connectivity index (χ1) is 12.8. The number of aliphatic hydroxyl groups excluding tert-OH is 1. The number of aromatic nitrogens is 2. The van der Waals surface area contributed by atoms with E-state index in [-0.39, 0.29) is 13.2 Å². The Morgan fingerprint density at radius 3 is 2.50 bits per heavy atom. The van der Waals surface area contributed by atoms with E-state index in [4.69, 9.17) is 24.0 Å². The molecule has 0 saturated heterocycles. The van der Waals surface area contributed by atoms with Gasteiger partial charge in [-0.05, 0) is 43.2 Å². The van der Waals surface area contributed by atoms with Crippen molar-refractivity contribution in [3.05, 3.63) is 48.5 Å². The molecule has 1 aliphatic carbocycles. The fourth-order valence-electron chi connectivity index (χ4n) is 2.74. The first-order valence-electron chi connectivity index (χ1n) is 8.63. The quantitative estimate of drug-likeness (QED) is 0.699. The van der Waals surface area contributed by atoms with E-state index in [1.807, 2.05) is 36.4 Å². The Kier molecular flexibility index (Phi) is 4.58. The van der Waals surface area contributed by atoms with Crippen LogP contribution >= 0.6 is 0 Å². The van der Waals surface area contributed by atoms with E-state index < -0.39 is 0 Å². The van der Waals surface area contributed by atoms with Gasteiger partial charge >= 0.3 is 0 Å². The lowest BCUT2D eigenvalue weighted by molar-refractivity contribution is 0.201. The molecule has 0 radical (unpaired) electrons. The van der Waals surface area contributed by atoms with E-state index in [1.54, 1.807) is 13.3 Å². The number of hydrogen-bond donors (Lipinski definition) is 1. The predicted octanol–water partition coefficient (Wildman–Crippen LogP) is 3.66. The van der Waals surface area contributed by atoms with E-state index in [9.17, 15) is 0 Å². The van der Waals surface area contributed by atoms with Crippen molar-refractivity contribution in [3.8, 4) is 34.2 Å². The van der Waals surface area contributed by atoms with Crippen molar-refractivity contribution >= 4 is 0 Å². The maximum Gasteiger partial charge on any atom is 0.212 e. The molecule has 6 heteroatoms. The fourth-order valence-corrected chi connectivity index (χ4v) is 2.74. The molecule has 0 atom stereocenters. The molecule has 0 unspecified atom stereocenters. The summed E-state index contributed by atoms with van der Waals surface area (Å²) in [6.45, 7) is 0.263. The zero-order valence-electron chi connectivity index (χ0n) is 14.5. The smallest absolute Gasteiger partial charge is 0.212 e. The standard InChI is InChI=1S/C20H20N2O4/c1-24-17-9-6-15(12-21-17)18-19(26-20(22-18)14-2-3-14)13-4-7-16(8-5-13)25-11-10-23/h4-9,12,14,23H,2-3,10-11H2,1H3. The average Bonchev–Trinajstić information content (AvgIpc) is 3.45. The lowest BCUT2D eigenvalue weighted by Gasteiger charge is -2.06.